The summed E-state index contributed by atoms with van der Waals surface area (Å²) in [6, 6.07) is 3.10. The Kier molecular flexibility index (Phi) is 1.78. The highest BCUT2D eigenvalue weighted by Gasteiger charge is 1.91. The number of rotatable bonds is 0. The maximum absolute atomic E-state index is 8.89. The maximum Gasteiger partial charge on any atom is 0.145 e. The van der Waals surface area contributed by atoms with Crippen LogP contribution in [0.4, 0.5) is 0 Å². The molecule has 0 aromatic carbocycles. The van der Waals surface area contributed by atoms with Crippen molar-refractivity contribution in [2.75, 3.05) is 0 Å². The normalized spacial score (nSPS) is 9.44. The molecule has 0 amide bonds. The molecule has 0 aliphatic heterocycles. The van der Waals surface area contributed by atoms with Crippen LogP contribution >= 0.6 is 24.8 Å². The molecule has 1 heterocycles. The Hall–Kier alpha value is -0.480. The molecule has 9 heavy (non-hydrogen) atoms. The van der Waals surface area contributed by atoms with E-state index >= 15 is 0 Å². The van der Waals surface area contributed by atoms with E-state index in [0.717, 1.165) is 0 Å². The molecule has 0 bridgehead atoms. The number of pyridine rings is 1. The van der Waals surface area contributed by atoms with Gasteiger partial charge in [-0.05, 0) is 12.1 Å². The third kappa shape index (κ3) is 1.46. The lowest BCUT2D eigenvalue weighted by Gasteiger charge is -1.93. The number of nitrogens with one attached hydrogen (secondary N) is 1. The third-order valence-corrected chi connectivity index (χ3v) is 1.46. The van der Waals surface area contributed by atoms with Crippen molar-refractivity contribution in [1.82, 2.24) is 4.98 Å². The van der Waals surface area contributed by atoms with Gasteiger partial charge in [-0.1, -0.05) is 12.2 Å². The molecule has 0 fully saturated rings. The second kappa shape index (κ2) is 2.41. The molecule has 0 radical (unpaired) electrons. The van der Waals surface area contributed by atoms with Gasteiger partial charge in [-0.25, -0.2) is 0 Å². The van der Waals surface area contributed by atoms with Gasteiger partial charge in [-0.15, -0.1) is 12.6 Å². The van der Waals surface area contributed by atoms with E-state index in [1.807, 2.05) is 0 Å². The molecule has 0 saturated heterocycles. The number of thiol groups is 1. The first-order valence-corrected chi connectivity index (χ1v) is 3.17. The van der Waals surface area contributed by atoms with E-state index in [2.05, 4.69) is 17.6 Å². The molecular weight excluding hydrogens is 154 g/mol. The minimum absolute atomic E-state index is 0.118. The molecule has 4 heteroatoms. The molecule has 0 spiro atoms. The van der Waals surface area contributed by atoms with Gasteiger partial charge in [0, 0.05) is 0 Å². The predicted octanol–water partition coefficient (Wildman–Crippen LogP) is 1.74. The van der Waals surface area contributed by atoms with Crippen molar-refractivity contribution in [3.8, 4) is 5.75 Å². The fourth-order valence-corrected chi connectivity index (χ4v) is 0.897. The highest BCUT2D eigenvalue weighted by atomic mass is 32.1. The maximum atomic E-state index is 8.89. The first kappa shape index (κ1) is 6.64. The van der Waals surface area contributed by atoms with Crippen LogP contribution in [0.5, 0.6) is 5.75 Å². The van der Waals surface area contributed by atoms with Crippen molar-refractivity contribution < 1.29 is 5.11 Å². The number of aromatic hydroxyl groups is 1. The van der Waals surface area contributed by atoms with Crippen LogP contribution in [0.3, 0.4) is 0 Å². The summed E-state index contributed by atoms with van der Waals surface area (Å²) in [6.45, 7) is 0. The van der Waals surface area contributed by atoms with E-state index in [-0.39, 0.29) is 5.75 Å². The second-order valence-corrected chi connectivity index (χ2v) is 2.44. The Morgan fingerprint density at radius 3 is 2.67 bits per heavy atom. The summed E-state index contributed by atoms with van der Waals surface area (Å²) in [5, 5.41) is 9.29. The first-order valence-electron chi connectivity index (χ1n) is 2.31. The lowest BCUT2D eigenvalue weighted by atomic mass is 10.5. The molecule has 0 saturated carbocycles. The van der Waals surface area contributed by atoms with E-state index < -0.39 is 0 Å². The van der Waals surface area contributed by atoms with Gasteiger partial charge in [0.25, 0.3) is 0 Å². The molecule has 1 aromatic rings. The lowest BCUT2D eigenvalue weighted by Crippen LogP contribution is -1.75. The smallest absolute Gasteiger partial charge is 0.145 e. The Labute approximate surface area is 63.0 Å². The molecule has 1 aromatic heterocycles. The van der Waals surface area contributed by atoms with Crippen molar-refractivity contribution in [2.45, 2.75) is 5.03 Å². The lowest BCUT2D eigenvalue weighted by molar-refractivity contribution is 0.457. The van der Waals surface area contributed by atoms with E-state index in [1.165, 1.54) is 6.07 Å². The Morgan fingerprint density at radius 1 is 1.56 bits per heavy atom. The number of hydrogen-bond donors (Lipinski definition) is 3. The zero-order valence-corrected chi connectivity index (χ0v) is 6.17. The van der Waals surface area contributed by atoms with Gasteiger partial charge in [0.2, 0.25) is 0 Å². The van der Waals surface area contributed by atoms with Crippen molar-refractivity contribution in [1.29, 1.82) is 0 Å². The topological polar surface area (TPSA) is 36.0 Å². The number of aromatic nitrogens is 1. The standard InChI is InChI=1S/C5H5NOS2/c7-3-1-2-4(8)6-5(3)9/h1-2,7H,(H2,6,8,9). The minimum atomic E-state index is 0.118. The summed E-state index contributed by atoms with van der Waals surface area (Å²) < 4.78 is 0.567. The molecule has 2 nitrogen and oxygen atoms in total. The van der Waals surface area contributed by atoms with Gasteiger partial charge in [0.15, 0.2) is 0 Å². The molecule has 48 valence electrons. The van der Waals surface area contributed by atoms with Crippen LogP contribution in [0.25, 0.3) is 0 Å². The second-order valence-electron chi connectivity index (χ2n) is 1.56. The van der Waals surface area contributed by atoms with E-state index in [4.69, 9.17) is 17.3 Å². The van der Waals surface area contributed by atoms with Gasteiger partial charge < -0.3 is 10.1 Å². The largest absolute Gasteiger partial charge is 0.505 e. The summed E-state index contributed by atoms with van der Waals surface area (Å²) in [5.41, 5.74) is 0. The van der Waals surface area contributed by atoms with Crippen molar-refractivity contribution in [3.63, 3.8) is 0 Å². The van der Waals surface area contributed by atoms with Gasteiger partial charge >= 0.3 is 0 Å². The van der Waals surface area contributed by atoms with Crippen molar-refractivity contribution in [3.05, 3.63) is 16.8 Å². The van der Waals surface area contributed by atoms with E-state index in [0.29, 0.717) is 9.67 Å². The minimum Gasteiger partial charge on any atom is -0.505 e. The van der Waals surface area contributed by atoms with E-state index in [9.17, 15) is 0 Å². The third-order valence-electron chi connectivity index (χ3n) is 0.877. The molecule has 2 N–H and O–H groups in total. The van der Waals surface area contributed by atoms with Gasteiger partial charge in [0.1, 0.15) is 15.4 Å². The molecular formula is C5H5NOS2. The molecule has 0 atom stereocenters. The molecule has 0 aliphatic rings. The summed E-state index contributed by atoms with van der Waals surface area (Å²) in [7, 11) is 0. The van der Waals surface area contributed by atoms with Crippen LogP contribution in [-0.2, 0) is 0 Å². The number of aromatic amines is 1. The zero-order valence-electron chi connectivity index (χ0n) is 4.46. The average Bonchev–Trinajstić information content (AvgIpc) is 1.80. The quantitative estimate of drug-likeness (QED) is 0.398. The zero-order chi connectivity index (χ0) is 6.85. The Bertz CT molecular complexity index is 268. The first-order chi connectivity index (χ1) is 4.20. The van der Waals surface area contributed by atoms with Crippen LogP contribution in [0.1, 0.15) is 0 Å². The Morgan fingerprint density at radius 2 is 2.22 bits per heavy atom. The summed E-state index contributed by atoms with van der Waals surface area (Å²) >= 11 is 8.64. The van der Waals surface area contributed by atoms with Crippen LogP contribution < -0.4 is 0 Å². The summed E-state index contributed by atoms with van der Waals surface area (Å²) in [6.07, 6.45) is 0. The monoisotopic (exact) mass is 159 g/mol. The van der Waals surface area contributed by atoms with Crippen LogP contribution in [0.2, 0.25) is 0 Å². The van der Waals surface area contributed by atoms with Crippen LogP contribution in [0.15, 0.2) is 17.2 Å². The van der Waals surface area contributed by atoms with Gasteiger partial charge in [-0.3, -0.25) is 0 Å². The highest BCUT2D eigenvalue weighted by Crippen LogP contribution is 2.15. The predicted molar refractivity (Wildman–Crippen MR) is 40.5 cm³/mol. The number of hydrogen-bond acceptors (Lipinski definition) is 3. The fourth-order valence-electron chi connectivity index (χ4n) is 0.456. The molecule has 0 unspecified atom stereocenters. The SMILES string of the molecule is Oc1ccc(=S)[nH]c1S. The van der Waals surface area contributed by atoms with Crippen molar-refractivity contribution in [2.24, 2.45) is 0 Å². The van der Waals surface area contributed by atoms with E-state index in [1.54, 1.807) is 6.07 Å². The van der Waals surface area contributed by atoms with Gasteiger partial charge in [0.05, 0.1) is 0 Å². The summed E-state index contributed by atoms with van der Waals surface area (Å²) in [4.78, 5) is 2.67. The van der Waals surface area contributed by atoms with Crippen LogP contribution in [0, 0.1) is 4.64 Å². The molecule has 1 rings (SSSR count). The van der Waals surface area contributed by atoms with Crippen molar-refractivity contribution >= 4 is 24.8 Å². The Balaban J connectivity index is 3.34. The van der Waals surface area contributed by atoms with Crippen LogP contribution in [-0.4, -0.2) is 10.1 Å². The number of H-pyrrole nitrogens is 1. The fraction of sp³-hybridized carbons (Fsp3) is 0. The summed E-state index contributed by atoms with van der Waals surface area (Å²) in [5.74, 6) is 0.118. The molecule has 0 aliphatic carbocycles. The average molecular weight is 159 g/mol. The van der Waals surface area contributed by atoms with Gasteiger partial charge in [-0.2, -0.15) is 0 Å². The highest BCUT2D eigenvalue weighted by molar-refractivity contribution is 7.80.